The van der Waals surface area contributed by atoms with Crippen molar-refractivity contribution < 1.29 is 22.4 Å². The normalized spacial score (nSPS) is 11.3. The van der Waals surface area contributed by atoms with Gasteiger partial charge in [0.2, 0.25) is 10.0 Å². The van der Waals surface area contributed by atoms with Crippen molar-refractivity contribution in [1.29, 1.82) is 0 Å². The SMILES string of the molecule is CCONC(=O)c1cnc(Nc2ccncc2)cc1Nc1cc(F)c(C(C)C)cc1N(C)S(C)(=O)=O. The van der Waals surface area contributed by atoms with E-state index < -0.39 is 21.7 Å². The van der Waals surface area contributed by atoms with Crippen LogP contribution < -0.4 is 20.4 Å². The molecule has 0 aliphatic carbocycles. The number of amides is 1. The van der Waals surface area contributed by atoms with Gasteiger partial charge in [0, 0.05) is 37.4 Å². The minimum Gasteiger partial charge on any atom is -0.353 e. The molecule has 2 heterocycles. The number of benzene rings is 1. The predicted molar refractivity (Wildman–Crippen MR) is 138 cm³/mol. The van der Waals surface area contributed by atoms with Gasteiger partial charge in [0.1, 0.15) is 11.6 Å². The maximum absolute atomic E-state index is 15.0. The first-order valence-corrected chi connectivity index (χ1v) is 13.0. The lowest BCUT2D eigenvalue weighted by molar-refractivity contribution is 0.0365. The molecule has 0 bridgehead atoms. The third-order valence-corrected chi connectivity index (χ3v) is 6.45. The van der Waals surface area contributed by atoms with Crippen molar-refractivity contribution in [2.45, 2.75) is 26.7 Å². The molecule has 0 radical (unpaired) electrons. The number of anilines is 5. The molecule has 1 amide bonds. The maximum Gasteiger partial charge on any atom is 0.278 e. The molecule has 0 spiro atoms. The second-order valence-electron chi connectivity index (χ2n) is 8.24. The molecule has 3 N–H and O–H groups in total. The van der Waals surface area contributed by atoms with Crippen LogP contribution in [-0.4, -0.2) is 44.2 Å². The van der Waals surface area contributed by atoms with E-state index in [2.05, 4.69) is 26.1 Å². The Balaban J connectivity index is 2.12. The van der Waals surface area contributed by atoms with Crippen molar-refractivity contribution in [2.24, 2.45) is 0 Å². The summed E-state index contributed by atoms with van der Waals surface area (Å²) in [5, 5.41) is 6.13. The summed E-state index contributed by atoms with van der Waals surface area (Å²) in [5.41, 5.74) is 4.10. The summed E-state index contributed by atoms with van der Waals surface area (Å²) in [6.45, 7) is 5.58. The first-order valence-electron chi connectivity index (χ1n) is 11.1. The number of nitrogens with one attached hydrogen (secondary N) is 3. The van der Waals surface area contributed by atoms with Crippen molar-refractivity contribution in [3.8, 4) is 0 Å². The highest BCUT2D eigenvalue weighted by Gasteiger charge is 2.22. The van der Waals surface area contributed by atoms with Crippen molar-refractivity contribution in [1.82, 2.24) is 15.4 Å². The summed E-state index contributed by atoms with van der Waals surface area (Å²) in [4.78, 5) is 26.0. The molecular weight excluding hydrogens is 487 g/mol. The molecule has 0 saturated heterocycles. The molecule has 2 aromatic heterocycles. The summed E-state index contributed by atoms with van der Waals surface area (Å²) < 4.78 is 40.8. The zero-order valence-corrected chi connectivity index (χ0v) is 21.5. The van der Waals surface area contributed by atoms with E-state index in [0.29, 0.717) is 17.1 Å². The summed E-state index contributed by atoms with van der Waals surface area (Å²) >= 11 is 0. The second kappa shape index (κ2) is 11.3. The van der Waals surface area contributed by atoms with E-state index in [4.69, 9.17) is 4.84 Å². The quantitative estimate of drug-likeness (QED) is 0.341. The number of pyridine rings is 2. The first-order chi connectivity index (χ1) is 17.0. The van der Waals surface area contributed by atoms with Crippen LogP contribution in [0.4, 0.5) is 33.0 Å². The second-order valence-corrected chi connectivity index (χ2v) is 10.3. The standard InChI is InChI=1S/C24H29FN6O4S/c1-6-35-30-24(32)18-14-27-23(28-16-7-9-26-10-8-16)13-20(18)29-21-12-19(25)17(15(2)3)11-22(21)31(4)36(5,33)34/h7-15H,6H2,1-5H3,(H,30,32)(H2,26,27,28,29). The Labute approximate surface area is 209 Å². The number of carbonyl (C=O) groups is 1. The molecule has 0 aliphatic heterocycles. The monoisotopic (exact) mass is 516 g/mol. The van der Waals surface area contributed by atoms with Crippen LogP contribution in [0, 0.1) is 5.82 Å². The summed E-state index contributed by atoms with van der Waals surface area (Å²) in [6.07, 6.45) is 5.60. The number of sulfonamides is 1. The molecule has 12 heteroatoms. The Bertz CT molecular complexity index is 1340. The lowest BCUT2D eigenvalue weighted by atomic mass is 10.0. The number of rotatable bonds is 10. The van der Waals surface area contributed by atoms with Crippen LogP contribution in [0.5, 0.6) is 0 Å². The predicted octanol–water partition coefficient (Wildman–Crippen LogP) is 4.30. The third-order valence-electron chi connectivity index (χ3n) is 5.25. The number of hydrogen-bond acceptors (Lipinski definition) is 8. The van der Waals surface area contributed by atoms with Crippen molar-refractivity contribution in [3.05, 3.63) is 65.9 Å². The fraction of sp³-hybridized carbons (Fsp3) is 0.292. The van der Waals surface area contributed by atoms with Gasteiger partial charge in [0.15, 0.2) is 0 Å². The van der Waals surface area contributed by atoms with Gasteiger partial charge in [0.05, 0.1) is 35.5 Å². The largest absolute Gasteiger partial charge is 0.353 e. The number of halogens is 1. The van der Waals surface area contributed by atoms with Crippen LogP contribution in [0.2, 0.25) is 0 Å². The fourth-order valence-electron chi connectivity index (χ4n) is 3.29. The highest BCUT2D eigenvalue weighted by Crippen LogP contribution is 2.36. The molecule has 0 aliphatic rings. The summed E-state index contributed by atoms with van der Waals surface area (Å²) in [7, 11) is -2.29. The molecule has 3 aromatic rings. The highest BCUT2D eigenvalue weighted by molar-refractivity contribution is 7.92. The Kier molecular flexibility index (Phi) is 8.43. The van der Waals surface area contributed by atoms with Gasteiger partial charge in [-0.2, -0.15) is 0 Å². The summed E-state index contributed by atoms with van der Waals surface area (Å²) in [5.74, 6) is -0.897. The minimum atomic E-state index is -3.67. The van der Waals surface area contributed by atoms with Crippen LogP contribution in [0.25, 0.3) is 0 Å². The van der Waals surface area contributed by atoms with Gasteiger partial charge in [-0.15, -0.1) is 0 Å². The number of nitrogens with zero attached hydrogens (tertiary/aromatic N) is 3. The molecule has 3 rings (SSSR count). The molecule has 36 heavy (non-hydrogen) atoms. The molecule has 1 aromatic carbocycles. The maximum atomic E-state index is 15.0. The summed E-state index contributed by atoms with van der Waals surface area (Å²) in [6, 6.07) is 7.74. The number of carbonyl (C=O) groups excluding carboxylic acids is 1. The Morgan fingerprint density at radius 1 is 1.14 bits per heavy atom. The Morgan fingerprint density at radius 2 is 1.83 bits per heavy atom. The van der Waals surface area contributed by atoms with Gasteiger partial charge in [-0.3, -0.25) is 18.9 Å². The molecule has 192 valence electrons. The van der Waals surface area contributed by atoms with E-state index in [-0.39, 0.29) is 35.2 Å². The van der Waals surface area contributed by atoms with Crippen molar-refractivity contribution in [3.63, 3.8) is 0 Å². The first kappa shape index (κ1) is 26.8. The smallest absolute Gasteiger partial charge is 0.278 e. The minimum absolute atomic E-state index is 0.102. The average Bonchev–Trinajstić information content (AvgIpc) is 2.82. The molecule has 0 atom stereocenters. The Hall–Kier alpha value is -3.77. The van der Waals surface area contributed by atoms with Crippen LogP contribution in [0.1, 0.15) is 42.6 Å². The lowest BCUT2D eigenvalue weighted by Crippen LogP contribution is -2.26. The van der Waals surface area contributed by atoms with Crippen LogP contribution in [-0.2, 0) is 14.9 Å². The van der Waals surface area contributed by atoms with Crippen LogP contribution in [0.3, 0.4) is 0 Å². The van der Waals surface area contributed by atoms with Gasteiger partial charge in [-0.1, -0.05) is 13.8 Å². The topological polar surface area (TPSA) is 126 Å². The van der Waals surface area contributed by atoms with Gasteiger partial charge >= 0.3 is 0 Å². The Morgan fingerprint density at radius 3 is 2.44 bits per heavy atom. The number of aromatic nitrogens is 2. The molecule has 0 fully saturated rings. The van der Waals surface area contributed by atoms with E-state index in [0.717, 1.165) is 10.6 Å². The molecule has 0 saturated carbocycles. The molecule has 10 nitrogen and oxygen atoms in total. The lowest BCUT2D eigenvalue weighted by Gasteiger charge is -2.24. The number of hydroxylamine groups is 1. The van der Waals surface area contributed by atoms with E-state index in [1.807, 2.05) is 13.8 Å². The average molecular weight is 517 g/mol. The van der Waals surface area contributed by atoms with E-state index in [1.165, 1.54) is 25.4 Å². The zero-order valence-electron chi connectivity index (χ0n) is 20.7. The van der Waals surface area contributed by atoms with E-state index in [1.54, 1.807) is 37.5 Å². The zero-order chi connectivity index (χ0) is 26.5. The van der Waals surface area contributed by atoms with Crippen molar-refractivity contribution >= 4 is 44.5 Å². The van der Waals surface area contributed by atoms with Crippen LogP contribution in [0.15, 0.2) is 48.9 Å². The molecular formula is C24H29FN6O4S. The van der Waals surface area contributed by atoms with Crippen molar-refractivity contribution in [2.75, 3.05) is 34.8 Å². The fourth-order valence-corrected chi connectivity index (χ4v) is 3.80. The highest BCUT2D eigenvalue weighted by atomic mass is 32.2. The third kappa shape index (κ3) is 6.46. The van der Waals surface area contributed by atoms with Gasteiger partial charge in [0.25, 0.3) is 5.91 Å². The van der Waals surface area contributed by atoms with E-state index >= 15 is 0 Å². The van der Waals surface area contributed by atoms with Gasteiger partial charge in [-0.05, 0) is 42.7 Å². The number of hydrogen-bond donors (Lipinski definition) is 3. The van der Waals surface area contributed by atoms with E-state index in [9.17, 15) is 17.6 Å². The van der Waals surface area contributed by atoms with Gasteiger partial charge < -0.3 is 10.6 Å². The molecule has 0 unspecified atom stereocenters. The van der Waals surface area contributed by atoms with Crippen LogP contribution >= 0.6 is 0 Å². The van der Waals surface area contributed by atoms with Gasteiger partial charge in [-0.25, -0.2) is 23.3 Å².